The summed E-state index contributed by atoms with van der Waals surface area (Å²) >= 11 is 9.87. The molecule has 0 spiro atoms. The highest BCUT2D eigenvalue weighted by atomic mass is 79.9. The first-order chi connectivity index (χ1) is 11.5. The van der Waals surface area contributed by atoms with Gasteiger partial charge in [0.25, 0.3) is 5.91 Å². The molecule has 122 valence electrons. The van der Waals surface area contributed by atoms with E-state index in [4.69, 9.17) is 12.2 Å². The monoisotopic (exact) mass is 422 g/mol. The maximum Gasteiger partial charge on any atom is 0.267 e. The number of rotatable bonds is 4. The molecular weight excluding hydrogens is 411 g/mol. The van der Waals surface area contributed by atoms with Crippen molar-refractivity contribution in [2.75, 3.05) is 12.0 Å². The first-order valence-electron chi connectivity index (χ1n) is 7.03. The number of hydrogen-bond donors (Lipinski definition) is 1. The number of benzene rings is 2. The van der Waals surface area contributed by atoms with Crippen LogP contribution in [0, 0.1) is 5.82 Å². The summed E-state index contributed by atoms with van der Waals surface area (Å²) in [6.45, 7) is 0.285. The van der Waals surface area contributed by atoms with E-state index in [2.05, 4.69) is 21.2 Å². The van der Waals surface area contributed by atoms with Gasteiger partial charge in [0, 0.05) is 10.2 Å². The Hall–Kier alpha value is -1.70. The van der Waals surface area contributed by atoms with E-state index < -0.39 is 0 Å². The van der Waals surface area contributed by atoms with E-state index in [0.717, 1.165) is 10.2 Å². The number of amides is 1. The minimum atomic E-state index is -0.337. The molecule has 0 aliphatic carbocycles. The Bertz CT molecular complexity index is 824. The SMILES string of the molecule is O=C1/C(=C\c2cccc(F)c2)SC(=S)N1CNc1ccc(Br)cc1. The number of carbonyl (C=O) groups is 1. The second-order valence-electron chi connectivity index (χ2n) is 5.01. The Morgan fingerprint density at radius 1 is 1.25 bits per heavy atom. The molecule has 3 rings (SSSR count). The van der Waals surface area contributed by atoms with E-state index in [9.17, 15) is 9.18 Å². The summed E-state index contributed by atoms with van der Waals surface area (Å²) < 4.78 is 14.7. The number of anilines is 1. The molecule has 1 heterocycles. The van der Waals surface area contributed by atoms with Crippen LogP contribution in [0.4, 0.5) is 10.1 Å². The number of nitrogens with zero attached hydrogens (tertiary/aromatic N) is 1. The van der Waals surface area contributed by atoms with Crippen molar-refractivity contribution in [3.05, 3.63) is 69.3 Å². The second kappa shape index (κ2) is 7.46. The molecule has 1 N–H and O–H groups in total. The molecule has 7 heteroatoms. The van der Waals surface area contributed by atoms with Crippen LogP contribution in [-0.2, 0) is 4.79 Å². The molecule has 2 aromatic rings. The van der Waals surface area contributed by atoms with Gasteiger partial charge in [0.05, 0.1) is 11.6 Å². The fourth-order valence-electron chi connectivity index (χ4n) is 2.12. The van der Waals surface area contributed by atoms with E-state index in [1.54, 1.807) is 18.2 Å². The Balaban J connectivity index is 1.71. The summed E-state index contributed by atoms with van der Waals surface area (Å²) in [5.74, 6) is -0.519. The van der Waals surface area contributed by atoms with Crippen molar-refractivity contribution < 1.29 is 9.18 Å². The number of nitrogens with one attached hydrogen (secondary N) is 1. The highest BCUT2D eigenvalue weighted by molar-refractivity contribution is 9.10. The van der Waals surface area contributed by atoms with Gasteiger partial charge in [-0.05, 0) is 48.0 Å². The van der Waals surface area contributed by atoms with Crippen LogP contribution in [0.3, 0.4) is 0 Å². The molecule has 1 saturated heterocycles. The van der Waals surface area contributed by atoms with Crippen LogP contribution in [0.5, 0.6) is 0 Å². The first kappa shape index (κ1) is 17.1. The summed E-state index contributed by atoms with van der Waals surface area (Å²) in [6.07, 6.45) is 1.65. The van der Waals surface area contributed by atoms with Crippen molar-refractivity contribution in [3.8, 4) is 0 Å². The molecule has 0 radical (unpaired) electrons. The van der Waals surface area contributed by atoms with Crippen LogP contribution in [0.25, 0.3) is 6.08 Å². The lowest BCUT2D eigenvalue weighted by Crippen LogP contribution is -2.33. The van der Waals surface area contributed by atoms with E-state index in [1.807, 2.05) is 24.3 Å². The van der Waals surface area contributed by atoms with Gasteiger partial charge in [0.1, 0.15) is 10.1 Å². The lowest BCUT2D eigenvalue weighted by molar-refractivity contribution is -0.121. The number of halogens is 2. The Morgan fingerprint density at radius 3 is 2.71 bits per heavy atom. The zero-order chi connectivity index (χ0) is 17.1. The van der Waals surface area contributed by atoms with Gasteiger partial charge in [0.2, 0.25) is 0 Å². The number of thioether (sulfide) groups is 1. The molecule has 1 amide bonds. The lowest BCUT2D eigenvalue weighted by Gasteiger charge is -2.16. The predicted molar refractivity (Wildman–Crippen MR) is 104 cm³/mol. The van der Waals surface area contributed by atoms with Crippen molar-refractivity contribution in [2.24, 2.45) is 0 Å². The summed E-state index contributed by atoms with van der Waals surface area (Å²) in [6, 6.07) is 13.7. The molecule has 2 aromatic carbocycles. The quantitative estimate of drug-likeness (QED) is 0.563. The standard InChI is InChI=1S/C17H12BrFN2OS2/c18-12-4-6-14(7-5-12)20-10-21-16(22)15(24-17(21)23)9-11-2-1-3-13(19)8-11/h1-9,20H,10H2/b15-9+. The molecule has 1 fully saturated rings. The minimum Gasteiger partial charge on any atom is -0.367 e. The van der Waals surface area contributed by atoms with Gasteiger partial charge < -0.3 is 5.32 Å². The maximum atomic E-state index is 13.3. The molecule has 1 aliphatic heterocycles. The van der Waals surface area contributed by atoms with Crippen molar-refractivity contribution >= 4 is 61.9 Å². The Labute approximate surface area is 157 Å². The van der Waals surface area contributed by atoms with Crippen LogP contribution in [0.1, 0.15) is 5.56 Å². The fourth-order valence-corrected chi connectivity index (χ4v) is 3.64. The van der Waals surface area contributed by atoms with Crippen molar-refractivity contribution in [2.45, 2.75) is 0 Å². The Kier molecular flexibility index (Phi) is 5.33. The summed E-state index contributed by atoms with van der Waals surface area (Å²) in [5, 5.41) is 3.16. The molecule has 1 aliphatic rings. The van der Waals surface area contributed by atoms with Gasteiger partial charge in [-0.2, -0.15) is 0 Å². The van der Waals surface area contributed by atoms with E-state index >= 15 is 0 Å². The third kappa shape index (κ3) is 4.03. The van der Waals surface area contributed by atoms with Crippen LogP contribution >= 0.6 is 39.9 Å². The van der Waals surface area contributed by atoms with Crippen LogP contribution in [0.15, 0.2) is 57.9 Å². The molecule has 3 nitrogen and oxygen atoms in total. The van der Waals surface area contributed by atoms with Gasteiger partial charge in [-0.3, -0.25) is 9.69 Å². The van der Waals surface area contributed by atoms with E-state index in [0.29, 0.717) is 14.8 Å². The van der Waals surface area contributed by atoms with Crippen LogP contribution < -0.4 is 5.32 Å². The summed E-state index contributed by atoms with van der Waals surface area (Å²) in [7, 11) is 0. The zero-order valence-electron chi connectivity index (χ0n) is 12.3. The largest absolute Gasteiger partial charge is 0.367 e. The molecule has 0 unspecified atom stereocenters. The van der Waals surface area contributed by atoms with Gasteiger partial charge in [-0.15, -0.1) is 0 Å². The number of thiocarbonyl (C=S) groups is 1. The molecule has 0 aromatic heterocycles. The lowest BCUT2D eigenvalue weighted by atomic mass is 10.2. The van der Waals surface area contributed by atoms with Crippen LogP contribution in [0.2, 0.25) is 0 Å². The van der Waals surface area contributed by atoms with Crippen LogP contribution in [-0.4, -0.2) is 21.8 Å². The van der Waals surface area contributed by atoms with Crippen molar-refractivity contribution in [1.82, 2.24) is 4.90 Å². The average Bonchev–Trinajstić information content (AvgIpc) is 2.81. The first-order valence-corrected chi connectivity index (χ1v) is 9.05. The molecular formula is C17H12BrFN2OS2. The van der Waals surface area contributed by atoms with E-state index in [1.165, 1.54) is 28.8 Å². The third-order valence-electron chi connectivity index (χ3n) is 3.31. The van der Waals surface area contributed by atoms with Crippen molar-refractivity contribution in [1.29, 1.82) is 0 Å². The topological polar surface area (TPSA) is 32.3 Å². The summed E-state index contributed by atoms with van der Waals surface area (Å²) in [5.41, 5.74) is 1.53. The van der Waals surface area contributed by atoms with Gasteiger partial charge in [0.15, 0.2) is 0 Å². The predicted octanol–water partition coefficient (Wildman–Crippen LogP) is 4.86. The zero-order valence-corrected chi connectivity index (χ0v) is 15.6. The molecule has 0 bridgehead atoms. The molecule has 0 atom stereocenters. The normalized spacial score (nSPS) is 16.1. The second-order valence-corrected chi connectivity index (χ2v) is 7.60. The maximum absolute atomic E-state index is 13.3. The molecule has 0 saturated carbocycles. The minimum absolute atomic E-state index is 0.182. The smallest absolute Gasteiger partial charge is 0.267 e. The highest BCUT2D eigenvalue weighted by Crippen LogP contribution is 2.32. The number of hydrogen-bond acceptors (Lipinski definition) is 4. The third-order valence-corrected chi connectivity index (χ3v) is 5.21. The molecule has 24 heavy (non-hydrogen) atoms. The summed E-state index contributed by atoms with van der Waals surface area (Å²) in [4.78, 5) is 14.5. The fraction of sp³-hybridized carbons (Fsp3) is 0.0588. The number of carbonyl (C=O) groups excluding carboxylic acids is 1. The van der Waals surface area contributed by atoms with Crippen molar-refractivity contribution in [3.63, 3.8) is 0 Å². The average molecular weight is 423 g/mol. The van der Waals surface area contributed by atoms with E-state index in [-0.39, 0.29) is 18.4 Å². The highest BCUT2D eigenvalue weighted by Gasteiger charge is 2.31. The van der Waals surface area contributed by atoms with Gasteiger partial charge >= 0.3 is 0 Å². The van der Waals surface area contributed by atoms with Gasteiger partial charge in [-0.1, -0.05) is 52.0 Å². The van der Waals surface area contributed by atoms with Gasteiger partial charge in [-0.25, -0.2) is 4.39 Å². The Morgan fingerprint density at radius 2 is 2.00 bits per heavy atom.